The highest BCUT2D eigenvalue weighted by atomic mass is 32.2. The van der Waals surface area contributed by atoms with Crippen LogP contribution in [0.4, 0.5) is 10.1 Å². The highest BCUT2D eigenvalue weighted by Gasteiger charge is 2.27. The summed E-state index contributed by atoms with van der Waals surface area (Å²) < 4.78 is 49.7. The van der Waals surface area contributed by atoms with Crippen molar-refractivity contribution in [3.05, 3.63) is 34.1 Å². The molecule has 1 rings (SSSR count). The lowest BCUT2D eigenvalue weighted by Crippen LogP contribution is -2.43. The number of hydrogen-bond donors (Lipinski definition) is 1. The maximum atomic E-state index is 13.6. The maximum Gasteiger partial charge on any atom is 0.270 e. The molecule has 0 radical (unpaired) electrons. The first kappa shape index (κ1) is 17.4. The Bertz CT molecular complexity index is 617. The van der Waals surface area contributed by atoms with Crippen LogP contribution >= 0.6 is 0 Å². The Morgan fingerprint density at radius 2 is 1.90 bits per heavy atom. The lowest BCUT2D eigenvalue weighted by Gasteiger charge is -2.22. The van der Waals surface area contributed by atoms with Gasteiger partial charge >= 0.3 is 0 Å². The first-order chi connectivity index (χ1) is 9.72. The summed E-state index contributed by atoms with van der Waals surface area (Å²) in [7, 11) is -1.68. The van der Waals surface area contributed by atoms with Crippen molar-refractivity contribution in [3.8, 4) is 0 Å². The number of methoxy groups -OCH3 is 2. The summed E-state index contributed by atoms with van der Waals surface area (Å²) in [5.41, 5.74) is -0.528. The molecule has 0 heterocycles. The van der Waals surface area contributed by atoms with Crippen LogP contribution in [0.3, 0.4) is 0 Å². The monoisotopic (exact) mass is 322 g/mol. The lowest BCUT2D eigenvalue weighted by atomic mass is 10.3. The molecule has 0 amide bonds. The van der Waals surface area contributed by atoms with Gasteiger partial charge in [-0.15, -0.1) is 0 Å². The van der Waals surface area contributed by atoms with Gasteiger partial charge < -0.3 is 9.47 Å². The molecule has 0 bridgehead atoms. The molecule has 1 N–H and O–H groups in total. The summed E-state index contributed by atoms with van der Waals surface area (Å²) in [5, 5.41) is 10.6. The molecule has 0 aromatic heterocycles. The second-order valence-electron chi connectivity index (χ2n) is 4.12. The van der Waals surface area contributed by atoms with E-state index in [0.717, 1.165) is 12.1 Å². The van der Waals surface area contributed by atoms with E-state index in [1.54, 1.807) is 0 Å². The highest BCUT2D eigenvalue weighted by Crippen LogP contribution is 2.21. The van der Waals surface area contributed by atoms with Crippen LogP contribution in [0.25, 0.3) is 0 Å². The van der Waals surface area contributed by atoms with Crippen molar-refractivity contribution in [1.29, 1.82) is 0 Å². The average molecular weight is 322 g/mol. The zero-order valence-corrected chi connectivity index (χ0v) is 12.4. The fraction of sp³-hybridized carbons (Fsp3) is 0.455. The van der Waals surface area contributed by atoms with E-state index in [1.165, 1.54) is 21.1 Å². The van der Waals surface area contributed by atoms with Crippen LogP contribution < -0.4 is 4.72 Å². The third-order valence-electron chi connectivity index (χ3n) is 2.63. The molecule has 0 aliphatic rings. The second-order valence-corrected chi connectivity index (χ2v) is 5.80. The molecule has 0 saturated carbocycles. The van der Waals surface area contributed by atoms with Crippen molar-refractivity contribution >= 4 is 15.7 Å². The predicted molar refractivity (Wildman–Crippen MR) is 70.6 cm³/mol. The van der Waals surface area contributed by atoms with E-state index in [2.05, 4.69) is 4.72 Å². The number of sulfonamides is 1. The van der Waals surface area contributed by atoms with Crippen LogP contribution in [0, 0.1) is 15.9 Å². The fourth-order valence-corrected chi connectivity index (χ4v) is 3.01. The Kier molecular flexibility index (Phi) is 5.72. The standard InChI is InChI=1S/C11H15FN2O6S/c1-7(11(19-2)20-3)13-21(17,18)10-6-8(14(15)16)4-5-9(10)12/h4-7,11,13H,1-3H3. The Morgan fingerprint density at radius 3 is 2.38 bits per heavy atom. The van der Waals surface area contributed by atoms with Crippen LogP contribution in [0.2, 0.25) is 0 Å². The molecule has 1 aromatic carbocycles. The van der Waals surface area contributed by atoms with Gasteiger partial charge in [-0.1, -0.05) is 0 Å². The van der Waals surface area contributed by atoms with Gasteiger partial charge in [-0.25, -0.2) is 17.5 Å². The Balaban J connectivity index is 3.13. The van der Waals surface area contributed by atoms with Crippen molar-refractivity contribution in [3.63, 3.8) is 0 Å². The quantitative estimate of drug-likeness (QED) is 0.456. The molecule has 118 valence electrons. The third kappa shape index (κ3) is 4.17. The minimum atomic E-state index is -4.30. The van der Waals surface area contributed by atoms with Crippen LogP contribution in [0.5, 0.6) is 0 Å². The van der Waals surface area contributed by atoms with E-state index < -0.39 is 43.7 Å². The van der Waals surface area contributed by atoms with Gasteiger partial charge in [-0.3, -0.25) is 10.1 Å². The maximum absolute atomic E-state index is 13.6. The van der Waals surface area contributed by atoms with Crippen molar-refractivity contribution in [2.75, 3.05) is 14.2 Å². The Hall–Kier alpha value is -1.62. The SMILES string of the molecule is COC(OC)C(C)NS(=O)(=O)c1cc([N+](=O)[O-])ccc1F. The molecule has 8 nitrogen and oxygen atoms in total. The summed E-state index contributed by atoms with van der Waals surface area (Å²) in [6, 6.07) is 1.43. The lowest BCUT2D eigenvalue weighted by molar-refractivity contribution is -0.385. The van der Waals surface area contributed by atoms with Gasteiger partial charge in [-0.05, 0) is 13.0 Å². The summed E-state index contributed by atoms with van der Waals surface area (Å²) in [6.07, 6.45) is -0.887. The van der Waals surface area contributed by atoms with Crippen LogP contribution in [-0.4, -0.2) is 39.9 Å². The molecule has 0 fully saturated rings. The number of halogens is 1. The Morgan fingerprint density at radius 1 is 1.33 bits per heavy atom. The van der Waals surface area contributed by atoms with Crippen molar-refractivity contribution in [2.45, 2.75) is 24.2 Å². The van der Waals surface area contributed by atoms with Crippen LogP contribution in [0.1, 0.15) is 6.92 Å². The molecule has 21 heavy (non-hydrogen) atoms. The molecule has 0 aliphatic heterocycles. The second kappa shape index (κ2) is 6.89. The summed E-state index contributed by atoms with van der Waals surface area (Å²) in [5.74, 6) is -1.09. The van der Waals surface area contributed by atoms with Gasteiger partial charge in [0, 0.05) is 26.4 Å². The molecule has 0 spiro atoms. The summed E-state index contributed by atoms with van der Waals surface area (Å²) in [6.45, 7) is 1.45. The minimum Gasteiger partial charge on any atom is -0.354 e. The molecule has 1 atom stereocenters. The number of nitrogens with one attached hydrogen (secondary N) is 1. The van der Waals surface area contributed by atoms with E-state index in [4.69, 9.17) is 9.47 Å². The number of nitro groups is 1. The summed E-state index contributed by atoms with van der Waals surface area (Å²) in [4.78, 5) is 9.02. The molecule has 0 aliphatic carbocycles. The number of nitro benzene ring substituents is 1. The largest absolute Gasteiger partial charge is 0.354 e. The van der Waals surface area contributed by atoms with Gasteiger partial charge in [-0.2, -0.15) is 0 Å². The highest BCUT2D eigenvalue weighted by molar-refractivity contribution is 7.89. The van der Waals surface area contributed by atoms with Crippen molar-refractivity contribution < 1.29 is 27.2 Å². The van der Waals surface area contributed by atoms with Gasteiger partial charge in [0.15, 0.2) is 6.29 Å². The number of nitrogens with zero attached hydrogens (tertiary/aromatic N) is 1. The number of rotatable bonds is 7. The van der Waals surface area contributed by atoms with Crippen molar-refractivity contribution in [2.24, 2.45) is 0 Å². The number of benzene rings is 1. The van der Waals surface area contributed by atoms with Gasteiger partial charge in [0.1, 0.15) is 10.7 Å². The first-order valence-corrected chi connectivity index (χ1v) is 7.23. The predicted octanol–water partition coefficient (Wildman–Crippen LogP) is 1.02. The number of hydrogen-bond acceptors (Lipinski definition) is 6. The molecular weight excluding hydrogens is 307 g/mol. The fourth-order valence-electron chi connectivity index (χ4n) is 1.68. The van der Waals surface area contributed by atoms with E-state index in [1.807, 2.05) is 0 Å². The molecular formula is C11H15FN2O6S. The smallest absolute Gasteiger partial charge is 0.270 e. The first-order valence-electron chi connectivity index (χ1n) is 5.74. The Labute approximate surface area is 121 Å². The number of non-ortho nitro benzene ring substituents is 1. The average Bonchev–Trinajstić information content (AvgIpc) is 2.39. The van der Waals surface area contributed by atoms with Gasteiger partial charge in [0.05, 0.1) is 11.0 Å². The molecule has 1 unspecified atom stereocenters. The molecule has 0 saturated heterocycles. The van der Waals surface area contributed by atoms with E-state index in [-0.39, 0.29) is 0 Å². The molecule has 10 heteroatoms. The van der Waals surface area contributed by atoms with Crippen molar-refractivity contribution in [1.82, 2.24) is 4.72 Å². The van der Waals surface area contributed by atoms with Gasteiger partial charge in [0.25, 0.3) is 5.69 Å². The minimum absolute atomic E-state index is 0.528. The number of ether oxygens (including phenoxy) is 2. The van der Waals surface area contributed by atoms with E-state index >= 15 is 0 Å². The summed E-state index contributed by atoms with van der Waals surface area (Å²) >= 11 is 0. The van der Waals surface area contributed by atoms with E-state index in [0.29, 0.717) is 6.07 Å². The van der Waals surface area contributed by atoms with Crippen LogP contribution in [-0.2, 0) is 19.5 Å². The molecule has 1 aromatic rings. The normalized spacial score (nSPS) is 13.4. The zero-order chi connectivity index (χ0) is 16.2. The topological polar surface area (TPSA) is 108 Å². The third-order valence-corrected chi connectivity index (χ3v) is 4.20. The van der Waals surface area contributed by atoms with Crippen LogP contribution in [0.15, 0.2) is 23.1 Å². The van der Waals surface area contributed by atoms with E-state index in [9.17, 15) is 22.9 Å². The van der Waals surface area contributed by atoms with Gasteiger partial charge in [0.2, 0.25) is 10.0 Å². The zero-order valence-electron chi connectivity index (χ0n) is 11.6.